The Bertz CT molecular complexity index is 823. The molecule has 6 heteroatoms. The van der Waals surface area contributed by atoms with E-state index >= 15 is 0 Å². The van der Waals surface area contributed by atoms with Crippen LogP contribution in [0.2, 0.25) is 0 Å². The van der Waals surface area contributed by atoms with Crippen molar-refractivity contribution < 1.29 is 4.42 Å². The molecule has 1 aromatic carbocycles. The molecule has 0 amide bonds. The minimum absolute atomic E-state index is 0.656. The van der Waals surface area contributed by atoms with Gasteiger partial charge in [0.2, 0.25) is 0 Å². The van der Waals surface area contributed by atoms with E-state index in [0.717, 1.165) is 54.7 Å². The van der Waals surface area contributed by atoms with E-state index in [0.29, 0.717) is 6.54 Å². The van der Waals surface area contributed by atoms with Crippen LogP contribution in [0.25, 0.3) is 11.3 Å². The summed E-state index contributed by atoms with van der Waals surface area (Å²) in [5.41, 5.74) is 2.16. The Morgan fingerprint density at radius 1 is 1.22 bits per heavy atom. The molecule has 2 aromatic heterocycles. The lowest BCUT2D eigenvalue weighted by molar-refractivity contribution is 0.457. The second-order valence-electron chi connectivity index (χ2n) is 6.43. The third kappa shape index (κ3) is 5.48. The highest BCUT2D eigenvalue weighted by atomic mass is 16.3. The molecule has 6 nitrogen and oxygen atoms in total. The quantitative estimate of drug-likeness (QED) is 0.472. The van der Waals surface area contributed by atoms with Crippen molar-refractivity contribution in [3.05, 3.63) is 66.5 Å². The first-order chi connectivity index (χ1) is 13.3. The number of benzene rings is 1. The summed E-state index contributed by atoms with van der Waals surface area (Å²) in [6, 6.07) is 14.1. The summed E-state index contributed by atoms with van der Waals surface area (Å²) in [4.78, 5) is 14.7. The highest BCUT2D eigenvalue weighted by molar-refractivity contribution is 5.79. The van der Waals surface area contributed by atoms with Crippen LogP contribution in [-0.4, -0.2) is 41.0 Å². The van der Waals surface area contributed by atoms with Crippen molar-refractivity contribution >= 4 is 5.96 Å². The zero-order chi connectivity index (χ0) is 18.9. The molecular formula is C21H27N5O. The Morgan fingerprint density at radius 2 is 2.07 bits per heavy atom. The topological polar surface area (TPSA) is 69.5 Å². The van der Waals surface area contributed by atoms with Gasteiger partial charge in [0.15, 0.2) is 5.96 Å². The number of nitrogens with zero attached hydrogens (tertiary/aromatic N) is 3. The lowest BCUT2D eigenvalue weighted by atomic mass is 10.2. The number of aromatic amines is 1. The summed E-state index contributed by atoms with van der Waals surface area (Å²) >= 11 is 0. The monoisotopic (exact) mass is 365 g/mol. The molecule has 0 radical (unpaired) electrons. The van der Waals surface area contributed by atoms with Crippen molar-refractivity contribution in [1.82, 2.24) is 20.2 Å². The Morgan fingerprint density at radius 3 is 2.81 bits per heavy atom. The third-order valence-corrected chi connectivity index (χ3v) is 4.18. The summed E-state index contributed by atoms with van der Waals surface area (Å²) in [6.07, 6.45) is 5.42. The van der Waals surface area contributed by atoms with Crippen LogP contribution in [0.1, 0.15) is 24.9 Å². The van der Waals surface area contributed by atoms with Gasteiger partial charge in [0.1, 0.15) is 11.6 Å². The molecule has 3 rings (SSSR count). The molecule has 0 saturated carbocycles. The third-order valence-electron chi connectivity index (χ3n) is 4.18. The molecule has 0 bridgehead atoms. The summed E-state index contributed by atoms with van der Waals surface area (Å²) in [6.45, 7) is 4.35. The number of hydrogen-bond acceptors (Lipinski definition) is 3. The number of aliphatic imine (C=N–C) groups is 1. The second-order valence-corrected chi connectivity index (χ2v) is 6.43. The predicted octanol–water partition coefficient (Wildman–Crippen LogP) is 3.70. The standard InChI is InChI=1S/C21H27N5O/c1-3-12-22-21(23-13-11-18-10-7-14-27-18)26(2)16-20-24-15-19(25-20)17-8-5-4-6-9-17/h4-10,14-15H,3,11-13,16H2,1-2H3,(H,22,23)(H,24,25). The minimum Gasteiger partial charge on any atom is -0.469 e. The van der Waals surface area contributed by atoms with E-state index in [4.69, 9.17) is 4.42 Å². The van der Waals surface area contributed by atoms with Crippen LogP contribution < -0.4 is 5.32 Å². The van der Waals surface area contributed by atoms with Gasteiger partial charge in [0.05, 0.1) is 24.7 Å². The number of imidazole rings is 1. The van der Waals surface area contributed by atoms with Crippen molar-refractivity contribution in [2.24, 2.45) is 4.99 Å². The Kier molecular flexibility index (Phi) is 6.68. The van der Waals surface area contributed by atoms with Gasteiger partial charge in [-0.25, -0.2) is 4.98 Å². The van der Waals surface area contributed by atoms with Crippen LogP contribution in [0.5, 0.6) is 0 Å². The molecule has 142 valence electrons. The molecule has 0 aliphatic carbocycles. The maximum Gasteiger partial charge on any atom is 0.194 e. The molecular weight excluding hydrogens is 338 g/mol. The van der Waals surface area contributed by atoms with Gasteiger partial charge in [-0.2, -0.15) is 0 Å². The predicted molar refractivity (Wildman–Crippen MR) is 108 cm³/mol. The van der Waals surface area contributed by atoms with Crippen LogP contribution >= 0.6 is 0 Å². The summed E-state index contributed by atoms with van der Waals surface area (Å²) < 4.78 is 5.39. The Balaban J connectivity index is 1.60. The summed E-state index contributed by atoms with van der Waals surface area (Å²) in [5, 5.41) is 3.43. The van der Waals surface area contributed by atoms with E-state index in [-0.39, 0.29) is 0 Å². The van der Waals surface area contributed by atoms with Gasteiger partial charge in [0.25, 0.3) is 0 Å². The number of hydrogen-bond donors (Lipinski definition) is 2. The first kappa shape index (κ1) is 18.8. The van der Waals surface area contributed by atoms with Crippen LogP contribution in [0.15, 0.2) is 64.3 Å². The summed E-state index contributed by atoms with van der Waals surface area (Å²) in [5.74, 6) is 2.76. The van der Waals surface area contributed by atoms with Crippen molar-refractivity contribution in [3.63, 3.8) is 0 Å². The Hall–Kier alpha value is -3.02. The SMILES string of the molecule is CCCN=C(NCCc1ccco1)N(C)Cc1ncc(-c2ccccc2)[nH]1. The highest BCUT2D eigenvalue weighted by Crippen LogP contribution is 2.16. The average Bonchev–Trinajstić information content (AvgIpc) is 3.37. The molecule has 0 aliphatic rings. The van der Waals surface area contributed by atoms with Gasteiger partial charge < -0.3 is 19.6 Å². The zero-order valence-electron chi connectivity index (χ0n) is 16.0. The summed E-state index contributed by atoms with van der Waals surface area (Å²) in [7, 11) is 2.03. The largest absolute Gasteiger partial charge is 0.469 e. The fourth-order valence-electron chi connectivity index (χ4n) is 2.79. The van der Waals surface area contributed by atoms with Crippen LogP contribution in [-0.2, 0) is 13.0 Å². The average molecular weight is 365 g/mol. The molecule has 27 heavy (non-hydrogen) atoms. The lowest BCUT2D eigenvalue weighted by Crippen LogP contribution is -2.39. The minimum atomic E-state index is 0.656. The van der Waals surface area contributed by atoms with Crippen molar-refractivity contribution in [2.75, 3.05) is 20.1 Å². The molecule has 0 saturated heterocycles. The first-order valence-electron chi connectivity index (χ1n) is 9.37. The molecule has 0 unspecified atom stereocenters. The van der Waals surface area contributed by atoms with E-state index in [1.54, 1.807) is 6.26 Å². The van der Waals surface area contributed by atoms with Crippen LogP contribution in [0, 0.1) is 0 Å². The maximum absolute atomic E-state index is 5.39. The van der Waals surface area contributed by atoms with Crippen molar-refractivity contribution in [2.45, 2.75) is 26.3 Å². The van der Waals surface area contributed by atoms with E-state index in [1.807, 2.05) is 43.6 Å². The molecule has 2 heterocycles. The molecule has 0 atom stereocenters. The molecule has 3 aromatic rings. The van der Waals surface area contributed by atoms with Crippen LogP contribution in [0.4, 0.5) is 0 Å². The molecule has 2 N–H and O–H groups in total. The maximum atomic E-state index is 5.39. The fraction of sp³-hybridized carbons (Fsp3) is 0.333. The van der Waals surface area contributed by atoms with E-state index in [2.05, 4.69) is 44.2 Å². The first-order valence-corrected chi connectivity index (χ1v) is 9.37. The van der Waals surface area contributed by atoms with Gasteiger partial charge in [0, 0.05) is 26.6 Å². The van der Waals surface area contributed by atoms with Crippen molar-refractivity contribution in [1.29, 1.82) is 0 Å². The number of guanidine groups is 1. The Labute approximate surface area is 160 Å². The molecule has 0 aliphatic heterocycles. The van der Waals surface area contributed by atoms with E-state index in [1.165, 1.54) is 0 Å². The smallest absolute Gasteiger partial charge is 0.194 e. The van der Waals surface area contributed by atoms with Crippen LogP contribution in [0.3, 0.4) is 0 Å². The molecule has 0 fully saturated rings. The zero-order valence-corrected chi connectivity index (χ0v) is 16.0. The number of furan rings is 1. The highest BCUT2D eigenvalue weighted by Gasteiger charge is 2.10. The number of H-pyrrole nitrogens is 1. The van der Waals surface area contributed by atoms with Gasteiger partial charge in [-0.3, -0.25) is 4.99 Å². The number of nitrogens with one attached hydrogen (secondary N) is 2. The fourth-order valence-corrected chi connectivity index (χ4v) is 2.79. The van der Waals surface area contributed by atoms with E-state index in [9.17, 15) is 0 Å². The van der Waals surface area contributed by atoms with Gasteiger partial charge >= 0.3 is 0 Å². The van der Waals surface area contributed by atoms with E-state index < -0.39 is 0 Å². The normalized spacial score (nSPS) is 11.6. The van der Waals surface area contributed by atoms with Crippen molar-refractivity contribution in [3.8, 4) is 11.3 Å². The second kappa shape index (κ2) is 9.62. The van der Waals surface area contributed by atoms with Gasteiger partial charge in [-0.1, -0.05) is 37.3 Å². The van der Waals surface area contributed by atoms with Gasteiger partial charge in [-0.15, -0.1) is 0 Å². The number of aromatic nitrogens is 2. The lowest BCUT2D eigenvalue weighted by Gasteiger charge is -2.21. The molecule has 0 spiro atoms. The van der Waals surface area contributed by atoms with Gasteiger partial charge in [-0.05, 0) is 24.1 Å². The number of rotatable bonds is 8.